The zero-order valence-corrected chi connectivity index (χ0v) is 13.3. The first-order chi connectivity index (χ1) is 8.82. The molecule has 0 aromatic heterocycles. The molecule has 0 saturated carbocycles. The molecular weight excluding hydrogens is 240 g/mol. The fraction of sp³-hybridized carbons (Fsp3) is 0.933. The van der Waals surface area contributed by atoms with Crippen LogP contribution in [0.5, 0.6) is 0 Å². The standard InChI is InChI=1S/C15H30N2O2/c1-7-12-14(18)17(13(16-12)11(2)3)10-15(4,5)8-9-19-6/h11-13,16H,7-10H2,1-6H3. The second-order valence-electron chi connectivity index (χ2n) is 6.69. The van der Waals surface area contributed by atoms with Crippen molar-refractivity contribution in [2.75, 3.05) is 20.3 Å². The third-order valence-electron chi connectivity index (χ3n) is 3.91. The zero-order chi connectivity index (χ0) is 14.6. The van der Waals surface area contributed by atoms with E-state index in [1.54, 1.807) is 7.11 Å². The lowest BCUT2D eigenvalue weighted by molar-refractivity contribution is -0.132. The SMILES string of the molecule is CCC1NC(C(C)C)N(CC(C)(C)CCOC)C1=O. The van der Waals surface area contributed by atoms with Gasteiger partial charge in [0.25, 0.3) is 0 Å². The molecule has 19 heavy (non-hydrogen) atoms. The second-order valence-corrected chi connectivity index (χ2v) is 6.69. The van der Waals surface area contributed by atoms with Crippen molar-refractivity contribution in [1.29, 1.82) is 0 Å². The highest BCUT2D eigenvalue weighted by Crippen LogP contribution is 2.27. The molecule has 2 atom stereocenters. The molecule has 1 N–H and O–H groups in total. The highest BCUT2D eigenvalue weighted by Gasteiger charge is 2.41. The van der Waals surface area contributed by atoms with Gasteiger partial charge in [-0.05, 0) is 24.2 Å². The molecule has 112 valence electrons. The molecule has 1 amide bonds. The number of amides is 1. The van der Waals surface area contributed by atoms with Gasteiger partial charge in [-0.15, -0.1) is 0 Å². The highest BCUT2D eigenvalue weighted by atomic mass is 16.5. The Morgan fingerprint density at radius 2 is 2.05 bits per heavy atom. The van der Waals surface area contributed by atoms with Crippen LogP contribution in [0.15, 0.2) is 0 Å². The smallest absolute Gasteiger partial charge is 0.241 e. The molecule has 1 aliphatic heterocycles. The normalized spacial score (nSPS) is 24.6. The van der Waals surface area contributed by atoms with Gasteiger partial charge in [-0.1, -0.05) is 34.6 Å². The molecule has 2 unspecified atom stereocenters. The number of ether oxygens (including phenoxy) is 1. The van der Waals surface area contributed by atoms with Crippen LogP contribution in [-0.2, 0) is 9.53 Å². The van der Waals surface area contributed by atoms with Crippen molar-refractivity contribution >= 4 is 5.91 Å². The number of carbonyl (C=O) groups is 1. The molecule has 1 fully saturated rings. The Bertz CT molecular complexity index is 303. The van der Waals surface area contributed by atoms with E-state index in [2.05, 4.69) is 39.9 Å². The predicted molar refractivity (Wildman–Crippen MR) is 77.8 cm³/mol. The predicted octanol–water partition coefficient (Wildman–Crippen LogP) is 2.24. The summed E-state index contributed by atoms with van der Waals surface area (Å²) in [4.78, 5) is 14.5. The van der Waals surface area contributed by atoms with Crippen molar-refractivity contribution in [3.63, 3.8) is 0 Å². The van der Waals surface area contributed by atoms with Gasteiger partial charge in [-0.25, -0.2) is 0 Å². The van der Waals surface area contributed by atoms with E-state index in [9.17, 15) is 4.79 Å². The first-order valence-corrected chi connectivity index (χ1v) is 7.38. The molecule has 0 radical (unpaired) electrons. The molecule has 0 aromatic rings. The molecule has 0 bridgehead atoms. The molecule has 1 rings (SSSR count). The molecule has 4 nitrogen and oxygen atoms in total. The molecule has 0 aromatic carbocycles. The quantitative estimate of drug-likeness (QED) is 0.771. The summed E-state index contributed by atoms with van der Waals surface area (Å²) in [5.41, 5.74) is 0.0864. The van der Waals surface area contributed by atoms with E-state index in [1.807, 2.05) is 4.90 Å². The maximum absolute atomic E-state index is 12.4. The average Bonchev–Trinajstić information content (AvgIpc) is 2.64. The Labute approximate surface area is 117 Å². The van der Waals surface area contributed by atoms with E-state index in [1.165, 1.54) is 0 Å². The van der Waals surface area contributed by atoms with Gasteiger partial charge in [0.05, 0.1) is 12.2 Å². The summed E-state index contributed by atoms with van der Waals surface area (Å²) in [6.07, 6.45) is 1.99. The number of hydrogen-bond acceptors (Lipinski definition) is 3. The molecule has 0 aliphatic carbocycles. The number of nitrogens with zero attached hydrogens (tertiary/aromatic N) is 1. The zero-order valence-electron chi connectivity index (χ0n) is 13.3. The van der Waals surface area contributed by atoms with Crippen molar-refractivity contribution in [3.8, 4) is 0 Å². The van der Waals surface area contributed by atoms with Crippen LogP contribution in [0.3, 0.4) is 0 Å². The number of nitrogens with one attached hydrogen (secondary N) is 1. The highest BCUT2D eigenvalue weighted by molar-refractivity contribution is 5.84. The van der Waals surface area contributed by atoms with Crippen LogP contribution < -0.4 is 5.32 Å². The molecule has 4 heteroatoms. The summed E-state index contributed by atoms with van der Waals surface area (Å²) in [6, 6.07) is -0.00868. The van der Waals surface area contributed by atoms with Gasteiger partial charge in [0.1, 0.15) is 0 Å². The van der Waals surface area contributed by atoms with Gasteiger partial charge in [0.2, 0.25) is 5.91 Å². The summed E-state index contributed by atoms with van der Waals surface area (Å²) in [6.45, 7) is 12.3. The van der Waals surface area contributed by atoms with Gasteiger partial charge >= 0.3 is 0 Å². The third-order valence-corrected chi connectivity index (χ3v) is 3.91. The Morgan fingerprint density at radius 1 is 1.42 bits per heavy atom. The Morgan fingerprint density at radius 3 is 2.53 bits per heavy atom. The third kappa shape index (κ3) is 4.18. The first-order valence-electron chi connectivity index (χ1n) is 7.38. The maximum atomic E-state index is 12.4. The Balaban J connectivity index is 2.75. The van der Waals surface area contributed by atoms with Crippen LogP contribution in [0.2, 0.25) is 0 Å². The van der Waals surface area contributed by atoms with Crippen molar-refractivity contribution in [2.45, 2.75) is 59.7 Å². The summed E-state index contributed by atoms with van der Waals surface area (Å²) in [7, 11) is 1.72. The lowest BCUT2D eigenvalue weighted by Gasteiger charge is -2.35. The first kappa shape index (κ1) is 16.4. The van der Waals surface area contributed by atoms with E-state index >= 15 is 0 Å². The van der Waals surface area contributed by atoms with Crippen LogP contribution in [0, 0.1) is 11.3 Å². The van der Waals surface area contributed by atoms with Gasteiger partial charge in [0, 0.05) is 20.3 Å². The second kappa shape index (κ2) is 6.71. The lowest BCUT2D eigenvalue weighted by atomic mass is 9.88. The fourth-order valence-electron chi connectivity index (χ4n) is 2.64. The fourth-order valence-corrected chi connectivity index (χ4v) is 2.64. The topological polar surface area (TPSA) is 41.6 Å². The van der Waals surface area contributed by atoms with Gasteiger partial charge < -0.3 is 9.64 Å². The van der Waals surface area contributed by atoms with Crippen molar-refractivity contribution in [1.82, 2.24) is 10.2 Å². The number of hydrogen-bond donors (Lipinski definition) is 1. The summed E-state index contributed by atoms with van der Waals surface area (Å²) >= 11 is 0. The van der Waals surface area contributed by atoms with E-state index in [0.29, 0.717) is 5.92 Å². The van der Waals surface area contributed by atoms with Gasteiger partial charge in [0.15, 0.2) is 0 Å². The number of carbonyl (C=O) groups excluding carboxylic acids is 1. The van der Waals surface area contributed by atoms with Crippen molar-refractivity contribution < 1.29 is 9.53 Å². The van der Waals surface area contributed by atoms with Crippen LogP contribution in [0.1, 0.15) is 47.5 Å². The lowest BCUT2D eigenvalue weighted by Crippen LogP contribution is -2.46. The maximum Gasteiger partial charge on any atom is 0.241 e. The van der Waals surface area contributed by atoms with Crippen molar-refractivity contribution in [3.05, 3.63) is 0 Å². The Hall–Kier alpha value is -0.610. The van der Waals surface area contributed by atoms with Crippen molar-refractivity contribution in [2.24, 2.45) is 11.3 Å². The van der Waals surface area contributed by atoms with E-state index in [-0.39, 0.29) is 23.5 Å². The number of rotatable bonds is 7. The summed E-state index contributed by atoms with van der Waals surface area (Å²) in [5, 5.41) is 3.46. The minimum absolute atomic E-state index is 0.00868. The molecular formula is C15H30N2O2. The van der Waals surface area contributed by atoms with Crippen LogP contribution in [-0.4, -0.2) is 43.3 Å². The summed E-state index contributed by atoms with van der Waals surface area (Å²) < 4.78 is 5.17. The number of methoxy groups -OCH3 is 1. The summed E-state index contributed by atoms with van der Waals surface area (Å²) in [5.74, 6) is 0.686. The van der Waals surface area contributed by atoms with Crippen LogP contribution in [0.4, 0.5) is 0 Å². The van der Waals surface area contributed by atoms with E-state index in [4.69, 9.17) is 4.74 Å². The van der Waals surface area contributed by atoms with Gasteiger partial charge in [-0.3, -0.25) is 10.1 Å². The van der Waals surface area contributed by atoms with Crippen LogP contribution >= 0.6 is 0 Å². The average molecular weight is 270 g/mol. The molecule has 1 saturated heterocycles. The minimum Gasteiger partial charge on any atom is -0.385 e. The van der Waals surface area contributed by atoms with E-state index < -0.39 is 0 Å². The molecule has 1 heterocycles. The Kier molecular flexibility index (Phi) is 5.81. The largest absolute Gasteiger partial charge is 0.385 e. The minimum atomic E-state index is -0.00868. The molecule has 1 aliphatic rings. The van der Waals surface area contributed by atoms with E-state index in [0.717, 1.165) is 26.0 Å². The monoisotopic (exact) mass is 270 g/mol. The van der Waals surface area contributed by atoms with Crippen LogP contribution in [0.25, 0.3) is 0 Å². The molecule has 0 spiro atoms. The van der Waals surface area contributed by atoms with Gasteiger partial charge in [-0.2, -0.15) is 0 Å².